The monoisotopic (exact) mass is 698 g/mol. The maximum atomic E-state index is 5.84. The maximum Gasteiger partial charge on any atom is 0.123 e. The van der Waals surface area contributed by atoms with Crippen molar-refractivity contribution >= 4 is 86.2 Å². The van der Waals surface area contributed by atoms with Crippen molar-refractivity contribution < 1.29 is 18.9 Å². The highest BCUT2D eigenvalue weighted by Gasteiger charge is 2.29. The molecule has 54 heavy (non-hydrogen) atoms. The Labute approximate surface area is 311 Å². The number of hydrogen-bond donors (Lipinski definition) is 0. The van der Waals surface area contributed by atoms with Gasteiger partial charge in [-0.05, 0) is 133 Å². The van der Waals surface area contributed by atoms with E-state index < -0.39 is 0 Å². The van der Waals surface area contributed by atoms with Gasteiger partial charge in [0, 0.05) is 12.1 Å². The van der Waals surface area contributed by atoms with Gasteiger partial charge in [0.2, 0.25) is 0 Å². The lowest BCUT2D eigenvalue weighted by Gasteiger charge is -2.19. The number of methoxy groups -OCH3 is 4. The molecule has 0 heterocycles. The fraction of sp³-hybridized carbons (Fsp3) is 0.0800. The fourth-order valence-corrected chi connectivity index (χ4v) is 9.57. The number of benzene rings is 9. The van der Waals surface area contributed by atoms with Crippen molar-refractivity contribution in [1.29, 1.82) is 0 Å². The smallest absolute Gasteiger partial charge is 0.123 e. The van der Waals surface area contributed by atoms with Crippen molar-refractivity contribution in [3.8, 4) is 45.3 Å². The van der Waals surface area contributed by atoms with E-state index >= 15 is 0 Å². The van der Waals surface area contributed by atoms with Gasteiger partial charge in [0.1, 0.15) is 23.0 Å². The van der Waals surface area contributed by atoms with E-state index in [0.29, 0.717) is 0 Å². The second kappa shape index (κ2) is 11.4. The summed E-state index contributed by atoms with van der Waals surface area (Å²) in [7, 11) is 6.86. The van der Waals surface area contributed by atoms with Crippen LogP contribution < -0.4 is 18.9 Å². The van der Waals surface area contributed by atoms with E-state index in [4.69, 9.17) is 18.9 Å². The third kappa shape index (κ3) is 3.97. The summed E-state index contributed by atoms with van der Waals surface area (Å²) in [6.07, 6.45) is 0. The third-order valence-electron chi connectivity index (χ3n) is 11.6. The number of fused-ring (bicyclic) bond motifs is 12. The van der Waals surface area contributed by atoms with Gasteiger partial charge in [-0.2, -0.15) is 0 Å². The molecule has 0 saturated carbocycles. The van der Waals surface area contributed by atoms with Crippen molar-refractivity contribution in [2.75, 3.05) is 28.4 Å². The van der Waals surface area contributed by atoms with Gasteiger partial charge >= 0.3 is 0 Å². The zero-order valence-corrected chi connectivity index (χ0v) is 30.3. The molecule has 0 aliphatic heterocycles. The minimum atomic E-state index is 0.760. The van der Waals surface area contributed by atoms with E-state index in [1.165, 1.54) is 97.3 Å². The lowest BCUT2D eigenvalue weighted by atomic mass is 9.84. The van der Waals surface area contributed by atoms with Gasteiger partial charge in [0.05, 0.1) is 28.4 Å². The molecule has 0 spiro atoms. The van der Waals surface area contributed by atoms with Crippen LogP contribution in [0.4, 0.5) is 0 Å². The Morgan fingerprint density at radius 2 is 0.500 bits per heavy atom. The largest absolute Gasteiger partial charge is 0.497 e. The van der Waals surface area contributed by atoms with Crippen molar-refractivity contribution in [3.63, 3.8) is 0 Å². The average Bonchev–Trinajstić information content (AvgIpc) is 3.75. The van der Waals surface area contributed by atoms with Crippen molar-refractivity contribution in [3.05, 3.63) is 133 Å². The van der Waals surface area contributed by atoms with E-state index in [2.05, 4.69) is 121 Å². The van der Waals surface area contributed by atoms with Crippen molar-refractivity contribution in [2.45, 2.75) is 0 Å². The maximum absolute atomic E-state index is 5.84. The lowest BCUT2D eigenvalue weighted by molar-refractivity contribution is 0.394. The molecule has 0 radical (unpaired) electrons. The molecule has 0 aliphatic rings. The molecule has 11 aromatic rings. The Kier molecular flexibility index (Phi) is 6.48. The minimum absolute atomic E-state index is 0.760. The Balaban J connectivity index is 1.49. The highest BCUT2D eigenvalue weighted by atomic mass is 16.5. The van der Waals surface area contributed by atoms with Gasteiger partial charge in [-0.25, -0.2) is 0 Å². The summed E-state index contributed by atoms with van der Waals surface area (Å²) in [5.41, 5.74) is 4.49. The van der Waals surface area contributed by atoms with Crippen LogP contribution in [-0.4, -0.2) is 28.4 Å². The SMILES string of the molecule is COc1cc(OC)cc(-c2c3ccccc3c3c4c5ccccc5c5c(-c6cc(OC)cc(OC)c6)c6ccccc6c(c6c7ccccc7c2c36)c54)c1. The molecule has 4 heteroatoms. The predicted octanol–water partition coefficient (Wildman–Crippen LogP) is 13.2. The molecule has 0 amide bonds. The van der Waals surface area contributed by atoms with Crippen molar-refractivity contribution in [2.24, 2.45) is 0 Å². The summed E-state index contributed by atoms with van der Waals surface area (Å²) in [6, 6.07) is 48.2. The van der Waals surface area contributed by atoms with Gasteiger partial charge in [0.15, 0.2) is 0 Å². The summed E-state index contributed by atoms with van der Waals surface area (Å²) in [5, 5.41) is 20.0. The van der Waals surface area contributed by atoms with E-state index in [1.54, 1.807) is 28.4 Å². The molecule has 0 atom stereocenters. The molecule has 0 aliphatic carbocycles. The Morgan fingerprint density at radius 1 is 0.259 bits per heavy atom. The van der Waals surface area contributed by atoms with Crippen LogP contribution in [-0.2, 0) is 0 Å². The quantitative estimate of drug-likeness (QED) is 0.128. The highest BCUT2D eigenvalue weighted by Crippen LogP contribution is 2.58. The fourth-order valence-electron chi connectivity index (χ4n) is 9.57. The van der Waals surface area contributed by atoms with E-state index in [1.807, 2.05) is 12.1 Å². The highest BCUT2D eigenvalue weighted by molar-refractivity contribution is 6.55. The average molecular weight is 699 g/mol. The molecule has 0 N–H and O–H groups in total. The standard InChI is InChI=1S/C50H34O4/c1-51-29-21-27(22-30(25-29)52-2)41-33-13-5-7-15-35(33)45-48-40-20-12-10-18-38(40)44-42(28-23-31(53-3)26-32(24-28)54-4)34-14-6-8-16-36(34)46(50(44)48)47-39-19-11-9-17-37(39)43(41)49(45)47/h5-26H,1-4H3. The zero-order valence-electron chi connectivity index (χ0n) is 30.3. The predicted molar refractivity (Wildman–Crippen MR) is 226 cm³/mol. The Morgan fingerprint density at radius 3 is 0.778 bits per heavy atom. The van der Waals surface area contributed by atoms with Crippen LogP contribution in [0.15, 0.2) is 133 Å². The van der Waals surface area contributed by atoms with Crippen LogP contribution in [0, 0.1) is 0 Å². The second-order valence-corrected chi connectivity index (χ2v) is 14.1. The molecular weight excluding hydrogens is 665 g/mol. The zero-order chi connectivity index (χ0) is 36.2. The van der Waals surface area contributed by atoms with Crippen LogP contribution in [0.2, 0.25) is 0 Å². The minimum Gasteiger partial charge on any atom is -0.497 e. The summed E-state index contributed by atoms with van der Waals surface area (Å²) in [5.74, 6) is 3.04. The van der Waals surface area contributed by atoms with Crippen LogP contribution >= 0.6 is 0 Å². The molecule has 4 nitrogen and oxygen atoms in total. The molecular formula is C50H34O4. The van der Waals surface area contributed by atoms with Gasteiger partial charge in [0.25, 0.3) is 0 Å². The molecule has 0 unspecified atom stereocenters. The number of ether oxygens (including phenoxy) is 4. The van der Waals surface area contributed by atoms with Crippen molar-refractivity contribution in [1.82, 2.24) is 0 Å². The summed E-state index contributed by atoms with van der Waals surface area (Å²) >= 11 is 0. The Bertz CT molecular complexity index is 3050. The summed E-state index contributed by atoms with van der Waals surface area (Å²) in [6.45, 7) is 0. The van der Waals surface area contributed by atoms with E-state index in [9.17, 15) is 0 Å². The first kappa shape index (κ1) is 30.8. The van der Waals surface area contributed by atoms with E-state index in [0.717, 1.165) is 34.1 Å². The number of hydrogen-bond acceptors (Lipinski definition) is 4. The molecule has 0 saturated heterocycles. The van der Waals surface area contributed by atoms with Gasteiger partial charge in [-0.15, -0.1) is 0 Å². The molecule has 11 aromatic carbocycles. The topological polar surface area (TPSA) is 36.9 Å². The van der Waals surface area contributed by atoms with Gasteiger partial charge in [-0.3, -0.25) is 0 Å². The lowest BCUT2D eigenvalue weighted by Crippen LogP contribution is -1.92. The number of rotatable bonds is 6. The van der Waals surface area contributed by atoms with Crippen LogP contribution in [0.1, 0.15) is 0 Å². The van der Waals surface area contributed by atoms with Gasteiger partial charge in [-0.1, -0.05) is 97.1 Å². The molecule has 0 aromatic heterocycles. The first-order valence-electron chi connectivity index (χ1n) is 18.2. The summed E-state index contributed by atoms with van der Waals surface area (Å²) < 4.78 is 23.4. The summed E-state index contributed by atoms with van der Waals surface area (Å²) in [4.78, 5) is 0. The first-order valence-corrected chi connectivity index (χ1v) is 18.2. The van der Waals surface area contributed by atoms with E-state index in [-0.39, 0.29) is 0 Å². The molecule has 0 fully saturated rings. The normalized spacial score (nSPS) is 12.1. The third-order valence-corrected chi connectivity index (χ3v) is 11.6. The molecule has 258 valence electrons. The molecule has 0 bridgehead atoms. The molecule has 11 rings (SSSR count). The van der Waals surface area contributed by atoms with Crippen LogP contribution in [0.25, 0.3) is 108 Å². The van der Waals surface area contributed by atoms with Crippen LogP contribution in [0.5, 0.6) is 23.0 Å². The van der Waals surface area contributed by atoms with Crippen LogP contribution in [0.3, 0.4) is 0 Å². The first-order chi connectivity index (χ1) is 26.6. The van der Waals surface area contributed by atoms with Gasteiger partial charge < -0.3 is 18.9 Å². The second-order valence-electron chi connectivity index (χ2n) is 14.1. The Hall–Kier alpha value is -6.78.